The van der Waals surface area contributed by atoms with E-state index in [1.54, 1.807) is 7.05 Å². The van der Waals surface area contributed by atoms with Crippen molar-refractivity contribution in [1.82, 2.24) is 10.3 Å². The molecule has 6 heteroatoms. The second-order valence-electron chi connectivity index (χ2n) is 4.14. The van der Waals surface area contributed by atoms with E-state index in [9.17, 15) is 9.18 Å². The lowest BCUT2D eigenvalue weighted by atomic mass is 10.2. The van der Waals surface area contributed by atoms with Crippen LogP contribution in [0.25, 0.3) is 0 Å². The zero-order valence-electron chi connectivity index (χ0n) is 10.2. The third-order valence-electron chi connectivity index (χ3n) is 2.85. The summed E-state index contributed by atoms with van der Waals surface area (Å²) in [7, 11) is 1.64. The number of pyridine rings is 1. The molecule has 2 N–H and O–H groups in total. The molecule has 98 valence electrons. The van der Waals surface area contributed by atoms with Crippen LogP contribution in [0.2, 0.25) is 0 Å². The van der Waals surface area contributed by atoms with Crippen molar-refractivity contribution in [2.24, 2.45) is 0 Å². The minimum Gasteiger partial charge on any atom is -0.376 e. The molecule has 0 spiro atoms. The molecule has 0 aromatic carbocycles. The van der Waals surface area contributed by atoms with Gasteiger partial charge in [-0.25, -0.2) is 9.37 Å². The first kappa shape index (κ1) is 12.8. The van der Waals surface area contributed by atoms with Crippen LogP contribution in [0.5, 0.6) is 0 Å². The summed E-state index contributed by atoms with van der Waals surface area (Å²) in [6.07, 6.45) is 3.10. The van der Waals surface area contributed by atoms with Crippen molar-refractivity contribution in [3.05, 3.63) is 23.6 Å². The van der Waals surface area contributed by atoms with E-state index in [4.69, 9.17) is 4.74 Å². The number of hydrogen-bond donors (Lipinski definition) is 2. The third kappa shape index (κ3) is 2.95. The Morgan fingerprint density at radius 1 is 1.67 bits per heavy atom. The van der Waals surface area contributed by atoms with E-state index in [-0.39, 0.29) is 17.6 Å². The van der Waals surface area contributed by atoms with Gasteiger partial charge in [-0.15, -0.1) is 0 Å². The van der Waals surface area contributed by atoms with E-state index in [2.05, 4.69) is 15.6 Å². The Kier molecular flexibility index (Phi) is 4.09. The van der Waals surface area contributed by atoms with Crippen molar-refractivity contribution in [3.63, 3.8) is 0 Å². The number of anilines is 1. The summed E-state index contributed by atoms with van der Waals surface area (Å²) in [5.41, 5.74) is 0.204. The SMILES string of the molecule is CNc1ncc(F)cc1C(=O)NCC1CCCO1. The lowest BCUT2D eigenvalue weighted by Crippen LogP contribution is -2.32. The average molecular weight is 253 g/mol. The van der Waals surface area contributed by atoms with Crippen molar-refractivity contribution in [2.45, 2.75) is 18.9 Å². The normalized spacial score (nSPS) is 18.7. The van der Waals surface area contributed by atoms with Gasteiger partial charge in [0, 0.05) is 20.2 Å². The Hall–Kier alpha value is -1.69. The highest BCUT2D eigenvalue weighted by Crippen LogP contribution is 2.14. The fourth-order valence-electron chi connectivity index (χ4n) is 1.92. The van der Waals surface area contributed by atoms with Gasteiger partial charge in [-0.3, -0.25) is 4.79 Å². The minimum absolute atomic E-state index is 0.0634. The number of nitrogens with zero attached hydrogens (tertiary/aromatic N) is 1. The number of carbonyl (C=O) groups excluding carboxylic acids is 1. The van der Waals surface area contributed by atoms with E-state index in [0.717, 1.165) is 25.6 Å². The lowest BCUT2D eigenvalue weighted by molar-refractivity contribution is 0.0858. The van der Waals surface area contributed by atoms with Crippen LogP contribution < -0.4 is 10.6 Å². The Balaban J connectivity index is 2.00. The van der Waals surface area contributed by atoms with Gasteiger partial charge in [0.25, 0.3) is 5.91 Å². The highest BCUT2D eigenvalue weighted by atomic mass is 19.1. The van der Waals surface area contributed by atoms with Crippen molar-refractivity contribution in [3.8, 4) is 0 Å². The maximum Gasteiger partial charge on any atom is 0.255 e. The van der Waals surface area contributed by atoms with Crippen LogP contribution in [0.1, 0.15) is 23.2 Å². The molecule has 2 heterocycles. The molecule has 5 nitrogen and oxygen atoms in total. The van der Waals surface area contributed by atoms with Crippen LogP contribution >= 0.6 is 0 Å². The number of aromatic nitrogens is 1. The molecule has 0 bridgehead atoms. The standard InChI is InChI=1S/C12H16FN3O2/c1-14-11-10(5-8(13)6-15-11)12(17)16-7-9-3-2-4-18-9/h5-6,9H,2-4,7H2,1H3,(H,14,15)(H,16,17). The summed E-state index contributed by atoms with van der Waals surface area (Å²) in [5, 5.41) is 5.49. The number of rotatable bonds is 4. The number of halogens is 1. The first-order valence-electron chi connectivity index (χ1n) is 5.94. The molecule has 1 aliphatic heterocycles. The second-order valence-corrected chi connectivity index (χ2v) is 4.14. The Morgan fingerprint density at radius 2 is 2.50 bits per heavy atom. The van der Waals surface area contributed by atoms with Gasteiger partial charge in [-0.05, 0) is 18.9 Å². The van der Waals surface area contributed by atoms with Gasteiger partial charge in [0.1, 0.15) is 11.6 Å². The molecular weight excluding hydrogens is 237 g/mol. The summed E-state index contributed by atoms with van der Waals surface area (Å²) >= 11 is 0. The molecule has 1 amide bonds. The molecule has 1 fully saturated rings. The van der Waals surface area contributed by atoms with Gasteiger partial charge in [0.05, 0.1) is 17.9 Å². The number of carbonyl (C=O) groups is 1. The summed E-state index contributed by atoms with van der Waals surface area (Å²) in [6, 6.07) is 1.17. The van der Waals surface area contributed by atoms with Gasteiger partial charge in [-0.2, -0.15) is 0 Å². The monoisotopic (exact) mass is 253 g/mol. The van der Waals surface area contributed by atoms with Gasteiger partial charge in [0.2, 0.25) is 0 Å². The molecule has 2 rings (SSSR count). The molecule has 0 radical (unpaired) electrons. The Morgan fingerprint density at radius 3 is 3.17 bits per heavy atom. The summed E-state index contributed by atoms with van der Waals surface area (Å²) in [4.78, 5) is 15.7. The molecule has 0 aliphatic carbocycles. The Labute approximate surface area is 105 Å². The fraction of sp³-hybridized carbons (Fsp3) is 0.500. The fourth-order valence-corrected chi connectivity index (χ4v) is 1.92. The smallest absolute Gasteiger partial charge is 0.255 e. The quantitative estimate of drug-likeness (QED) is 0.845. The molecule has 18 heavy (non-hydrogen) atoms. The van der Waals surface area contributed by atoms with Crippen LogP contribution in [0.3, 0.4) is 0 Å². The topological polar surface area (TPSA) is 63.2 Å². The van der Waals surface area contributed by atoms with Gasteiger partial charge in [0.15, 0.2) is 0 Å². The largest absolute Gasteiger partial charge is 0.376 e. The van der Waals surface area contributed by atoms with Gasteiger partial charge in [-0.1, -0.05) is 0 Å². The van der Waals surface area contributed by atoms with E-state index in [1.807, 2.05) is 0 Å². The zero-order valence-corrected chi connectivity index (χ0v) is 10.2. The van der Waals surface area contributed by atoms with Crippen LogP contribution in [0.15, 0.2) is 12.3 Å². The van der Waals surface area contributed by atoms with E-state index >= 15 is 0 Å². The highest BCUT2D eigenvalue weighted by Gasteiger charge is 2.18. The predicted octanol–water partition coefficient (Wildman–Crippen LogP) is 1.17. The van der Waals surface area contributed by atoms with Gasteiger partial charge >= 0.3 is 0 Å². The molecule has 0 saturated carbocycles. The summed E-state index contributed by atoms with van der Waals surface area (Å²) < 4.78 is 18.5. The molecule has 1 atom stereocenters. The maximum atomic E-state index is 13.1. The van der Waals surface area contributed by atoms with Crippen molar-refractivity contribution < 1.29 is 13.9 Å². The van der Waals surface area contributed by atoms with Crippen LogP contribution in [-0.4, -0.2) is 37.2 Å². The van der Waals surface area contributed by atoms with Crippen LogP contribution in [-0.2, 0) is 4.74 Å². The van der Waals surface area contributed by atoms with Crippen LogP contribution in [0.4, 0.5) is 10.2 Å². The second kappa shape index (κ2) is 5.77. The van der Waals surface area contributed by atoms with E-state index in [0.29, 0.717) is 12.4 Å². The molecule has 1 aliphatic rings. The predicted molar refractivity (Wildman–Crippen MR) is 65.0 cm³/mol. The molecule has 1 aromatic rings. The van der Waals surface area contributed by atoms with Crippen molar-refractivity contribution >= 4 is 11.7 Å². The summed E-state index contributed by atoms with van der Waals surface area (Å²) in [5.74, 6) is -0.514. The maximum absolute atomic E-state index is 13.1. The minimum atomic E-state index is -0.531. The van der Waals surface area contributed by atoms with Crippen molar-refractivity contribution in [1.29, 1.82) is 0 Å². The summed E-state index contributed by atoms with van der Waals surface area (Å²) in [6.45, 7) is 1.18. The molecule has 1 saturated heterocycles. The van der Waals surface area contributed by atoms with E-state index in [1.165, 1.54) is 6.07 Å². The van der Waals surface area contributed by atoms with Gasteiger partial charge < -0.3 is 15.4 Å². The average Bonchev–Trinajstić information content (AvgIpc) is 2.89. The lowest BCUT2D eigenvalue weighted by Gasteiger charge is -2.12. The first-order chi connectivity index (χ1) is 8.70. The molecule has 1 aromatic heterocycles. The number of hydrogen-bond acceptors (Lipinski definition) is 4. The van der Waals surface area contributed by atoms with Crippen LogP contribution in [0, 0.1) is 5.82 Å². The Bertz CT molecular complexity index is 433. The highest BCUT2D eigenvalue weighted by molar-refractivity contribution is 5.98. The number of amides is 1. The number of ether oxygens (including phenoxy) is 1. The van der Waals surface area contributed by atoms with Crippen molar-refractivity contribution in [2.75, 3.05) is 25.5 Å². The molecular formula is C12H16FN3O2. The zero-order chi connectivity index (χ0) is 13.0. The molecule has 1 unspecified atom stereocenters. The third-order valence-corrected chi connectivity index (χ3v) is 2.85. The van der Waals surface area contributed by atoms with E-state index < -0.39 is 5.82 Å². The number of nitrogens with one attached hydrogen (secondary N) is 2. The first-order valence-corrected chi connectivity index (χ1v) is 5.94.